The number of fused-ring (bicyclic) bond motifs is 7. The summed E-state index contributed by atoms with van der Waals surface area (Å²) in [6, 6.07) is 78.2. The zero-order valence-electron chi connectivity index (χ0n) is 32.7. The summed E-state index contributed by atoms with van der Waals surface area (Å²) in [5.41, 5.74) is 16.0. The molecule has 0 bridgehead atoms. The Morgan fingerprint density at radius 3 is 1.62 bits per heavy atom. The molecule has 0 saturated carbocycles. The van der Waals surface area contributed by atoms with Gasteiger partial charge in [-0.3, -0.25) is 0 Å². The van der Waals surface area contributed by atoms with Crippen molar-refractivity contribution in [2.24, 2.45) is 0 Å². The van der Waals surface area contributed by atoms with Gasteiger partial charge in [-0.25, -0.2) is 0 Å². The topological polar surface area (TPSA) is 3.24 Å². The van der Waals surface area contributed by atoms with Gasteiger partial charge in [0.1, 0.15) is 0 Å². The molecule has 10 aromatic rings. The molecule has 58 heavy (non-hydrogen) atoms. The lowest BCUT2D eigenvalue weighted by molar-refractivity contribution is 0.660. The highest BCUT2D eigenvalue weighted by atomic mass is 15.1. The molecule has 0 unspecified atom stereocenters. The summed E-state index contributed by atoms with van der Waals surface area (Å²) >= 11 is 0. The van der Waals surface area contributed by atoms with Crippen molar-refractivity contribution in [1.29, 1.82) is 0 Å². The molecule has 0 aromatic heterocycles. The summed E-state index contributed by atoms with van der Waals surface area (Å²) in [5.74, 6) is 0. The van der Waals surface area contributed by atoms with Gasteiger partial charge in [0.25, 0.3) is 0 Å². The van der Waals surface area contributed by atoms with Crippen molar-refractivity contribution in [2.45, 2.75) is 19.3 Å². The van der Waals surface area contributed by atoms with E-state index < -0.39 is 0 Å². The van der Waals surface area contributed by atoms with Crippen molar-refractivity contribution in [3.05, 3.63) is 223 Å². The first kappa shape index (κ1) is 34.1. The van der Waals surface area contributed by atoms with E-state index in [0.29, 0.717) is 0 Å². The van der Waals surface area contributed by atoms with E-state index in [2.05, 4.69) is 231 Å². The fourth-order valence-electron chi connectivity index (χ4n) is 9.64. The molecule has 0 saturated heterocycles. The third-order valence-corrected chi connectivity index (χ3v) is 12.5. The van der Waals surface area contributed by atoms with Crippen LogP contribution in [0, 0.1) is 0 Å². The lowest BCUT2D eigenvalue weighted by atomic mass is 9.82. The van der Waals surface area contributed by atoms with E-state index in [1.807, 2.05) is 0 Å². The SMILES string of the molecule is CC1(C)c2ccccc2-c2ccc(N(c3ccc(-c4ccc(-c5ccccc5)c5ccccc45)cc3)c3ccccc3-c3cccc4c3ccc3ccccc34)cc21. The van der Waals surface area contributed by atoms with Crippen LogP contribution in [0.4, 0.5) is 17.1 Å². The maximum atomic E-state index is 2.47. The molecule has 1 aliphatic carbocycles. The molecule has 11 rings (SSSR count). The van der Waals surface area contributed by atoms with Crippen LogP contribution in [0.2, 0.25) is 0 Å². The van der Waals surface area contributed by atoms with Gasteiger partial charge in [0.2, 0.25) is 0 Å². The van der Waals surface area contributed by atoms with Crippen molar-refractivity contribution >= 4 is 49.4 Å². The maximum absolute atomic E-state index is 2.47. The van der Waals surface area contributed by atoms with Crippen LogP contribution in [0.15, 0.2) is 212 Å². The van der Waals surface area contributed by atoms with E-state index >= 15 is 0 Å². The van der Waals surface area contributed by atoms with Gasteiger partial charge in [-0.15, -0.1) is 0 Å². The van der Waals surface area contributed by atoms with Gasteiger partial charge >= 0.3 is 0 Å². The van der Waals surface area contributed by atoms with Gasteiger partial charge in [-0.05, 0) is 113 Å². The minimum atomic E-state index is -0.124. The summed E-state index contributed by atoms with van der Waals surface area (Å²) in [6.45, 7) is 4.73. The zero-order valence-corrected chi connectivity index (χ0v) is 32.7. The molecular weight excluding hydrogens is 699 g/mol. The number of anilines is 3. The molecule has 0 spiro atoms. The predicted molar refractivity (Wildman–Crippen MR) is 248 cm³/mol. The van der Waals surface area contributed by atoms with Crippen LogP contribution < -0.4 is 4.90 Å². The van der Waals surface area contributed by atoms with E-state index in [0.717, 1.165) is 17.1 Å². The minimum Gasteiger partial charge on any atom is -0.310 e. The van der Waals surface area contributed by atoms with Crippen molar-refractivity contribution in [3.63, 3.8) is 0 Å². The van der Waals surface area contributed by atoms with Crippen LogP contribution in [0.5, 0.6) is 0 Å². The molecule has 1 heteroatoms. The number of hydrogen-bond donors (Lipinski definition) is 0. The van der Waals surface area contributed by atoms with E-state index in [1.54, 1.807) is 0 Å². The molecule has 0 aliphatic heterocycles. The molecule has 1 nitrogen and oxygen atoms in total. The molecule has 0 amide bonds. The summed E-state index contributed by atoms with van der Waals surface area (Å²) in [6.07, 6.45) is 0. The van der Waals surface area contributed by atoms with Crippen LogP contribution in [-0.2, 0) is 5.41 Å². The fraction of sp³-hybridized carbons (Fsp3) is 0.0526. The Bertz CT molecular complexity index is 3190. The Kier molecular flexibility index (Phi) is 7.91. The lowest BCUT2D eigenvalue weighted by Crippen LogP contribution is -2.16. The van der Waals surface area contributed by atoms with Gasteiger partial charge in [-0.2, -0.15) is 0 Å². The zero-order chi connectivity index (χ0) is 38.8. The molecule has 10 aromatic carbocycles. The summed E-state index contributed by atoms with van der Waals surface area (Å²) in [4.78, 5) is 2.47. The second kappa shape index (κ2) is 13.5. The minimum absolute atomic E-state index is 0.124. The number of hydrogen-bond acceptors (Lipinski definition) is 1. The van der Waals surface area contributed by atoms with Crippen molar-refractivity contribution < 1.29 is 0 Å². The Morgan fingerprint density at radius 1 is 0.310 bits per heavy atom. The smallest absolute Gasteiger partial charge is 0.0540 e. The first-order valence-corrected chi connectivity index (χ1v) is 20.3. The molecule has 274 valence electrons. The molecule has 1 aliphatic rings. The first-order chi connectivity index (χ1) is 28.5. The van der Waals surface area contributed by atoms with Crippen LogP contribution in [-0.4, -0.2) is 0 Å². The van der Waals surface area contributed by atoms with Gasteiger partial charge in [0.05, 0.1) is 5.69 Å². The Labute approximate surface area is 340 Å². The number of benzene rings is 10. The Balaban J connectivity index is 1.09. The molecular formula is C57H41N. The van der Waals surface area contributed by atoms with Gasteiger partial charge in [-0.1, -0.05) is 196 Å². The normalized spacial score (nSPS) is 12.8. The van der Waals surface area contributed by atoms with E-state index in [9.17, 15) is 0 Å². The lowest BCUT2D eigenvalue weighted by Gasteiger charge is -2.30. The van der Waals surface area contributed by atoms with Gasteiger partial charge < -0.3 is 4.90 Å². The van der Waals surface area contributed by atoms with E-state index in [4.69, 9.17) is 0 Å². The molecule has 0 N–H and O–H groups in total. The molecule has 0 heterocycles. The standard InChI is InChI=1S/C57H41N/c1-57(2)54-25-12-10-21-51(54)52-34-32-42(37-55(52)57)58(56-26-13-11-22-53(56)49-24-14-23-48-43-18-7-6-17-39(43)29-33-50(48)49)41-30-27-40(28-31-41)45-36-35-44(38-15-4-3-5-16-38)46-19-8-9-20-47(45)46/h3-37H,1-2H3. The van der Waals surface area contributed by atoms with Crippen molar-refractivity contribution in [1.82, 2.24) is 0 Å². The Hall–Kier alpha value is -7.22. The largest absolute Gasteiger partial charge is 0.310 e. The highest BCUT2D eigenvalue weighted by Crippen LogP contribution is 2.51. The number of rotatable bonds is 6. The number of para-hydroxylation sites is 1. The summed E-state index contributed by atoms with van der Waals surface area (Å²) < 4.78 is 0. The van der Waals surface area contributed by atoms with Crippen molar-refractivity contribution in [3.8, 4) is 44.5 Å². The Morgan fingerprint density at radius 2 is 0.845 bits per heavy atom. The highest BCUT2D eigenvalue weighted by Gasteiger charge is 2.36. The van der Waals surface area contributed by atoms with Gasteiger partial charge in [0, 0.05) is 22.4 Å². The third kappa shape index (κ3) is 5.39. The van der Waals surface area contributed by atoms with E-state index in [-0.39, 0.29) is 5.41 Å². The second-order valence-corrected chi connectivity index (χ2v) is 16.1. The van der Waals surface area contributed by atoms with Crippen LogP contribution in [0.1, 0.15) is 25.0 Å². The number of nitrogens with zero attached hydrogens (tertiary/aromatic N) is 1. The monoisotopic (exact) mass is 739 g/mol. The molecule has 0 atom stereocenters. The van der Waals surface area contributed by atoms with E-state index in [1.165, 1.54) is 88.0 Å². The summed E-state index contributed by atoms with van der Waals surface area (Å²) in [5, 5.41) is 7.56. The molecule has 0 radical (unpaired) electrons. The predicted octanol–water partition coefficient (Wildman–Crippen LogP) is 15.9. The highest BCUT2D eigenvalue weighted by molar-refractivity contribution is 6.13. The fourth-order valence-corrected chi connectivity index (χ4v) is 9.64. The second-order valence-electron chi connectivity index (χ2n) is 16.1. The van der Waals surface area contributed by atoms with Crippen LogP contribution in [0.25, 0.3) is 76.8 Å². The average molecular weight is 740 g/mol. The first-order valence-electron chi connectivity index (χ1n) is 20.3. The molecule has 0 fully saturated rings. The van der Waals surface area contributed by atoms with Crippen molar-refractivity contribution in [2.75, 3.05) is 4.90 Å². The third-order valence-electron chi connectivity index (χ3n) is 12.5. The van der Waals surface area contributed by atoms with Crippen LogP contribution >= 0.6 is 0 Å². The maximum Gasteiger partial charge on any atom is 0.0540 e. The average Bonchev–Trinajstić information content (AvgIpc) is 3.52. The van der Waals surface area contributed by atoms with Crippen LogP contribution in [0.3, 0.4) is 0 Å². The summed E-state index contributed by atoms with van der Waals surface area (Å²) in [7, 11) is 0. The quantitative estimate of drug-likeness (QED) is 0.154. The van der Waals surface area contributed by atoms with Gasteiger partial charge in [0.15, 0.2) is 0 Å².